The summed E-state index contributed by atoms with van der Waals surface area (Å²) in [6.07, 6.45) is 6.81. The largest absolute Gasteiger partial charge is 0.490 e. The summed E-state index contributed by atoms with van der Waals surface area (Å²) in [6.45, 7) is 1.03. The molecule has 0 fully saturated rings. The summed E-state index contributed by atoms with van der Waals surface area (Å²) in [5.41, 5.74) is 1.11. The van der Waals surface area contributed by atoms with Gasteiger partial charge in [0.25, 0.3) is 11.6 Å². The maximum absolute atomic E-state index is 12.7. The highest BCUT2D eigenvalue weighted by molar-refractivity contribution is 6.03. The molecule has 0 atom stereocenters. The molecule has 0 saturated carbocycles. The maximum atomic E-state index is 12.7. The van der Waals surface area contributed by atoms with E-state index in [1.54, 1.807) is 49.1 Å². The zero-order valence-electron chi connectivity index (χ0n) is 16.3. The van der Waals surface area contributed by atoms with E-state index in [1.807, 2.05) is 16.8 Å². The maximum Gasteiger partial charge on any atom is 0.276 e. The number of nitro benzene ring substituents is 1. The molecule has 0 aliphatic carbocycles. The molecule has 0 bridgehead atoms. The predicted molar refractivity (Wildman–Crippen MR) is 112 cm³/mol. The number of rotatable bonds is 8. The van der Waals surface area contributed by atoms with E-state index in [0.717, 1.165) is 0 Å². The first-order valence-electron chi connectivity index (χ1n) is 9.39. The number of aromatic nitrogens is 4. The lowest BCUT2D eigenvalue weighted by molar-refractivity contribution is -0.384. The molecule has 0 aliphatic rings. The van der Waals surface area contributed by atoms with Crippen molar-refractivity contribution in [2.75, 3.05) is 11.9 Å². The molecule has 1 N–H and O–H groups in total. The molecule has 1 amide bonds. The van der Waals surface area contributed by atoms with Gasteiger partial charge in [-0.2, -0.15) is 5.10 Å². The Bertz CT molecular complexity index is 1200. The van der Waals surface area contributed by atoms with Crippen LogP contribution in [0.2, 0.25) is 0 Å². The minimum Gasteiger partial charge on any atom is -0.490 e. The molecule has 31 heavy (non-hydrogen) atoms. The fraction of sp³-hybridized carbons (Fsp3) is 0.0952. The Kier molecular flexibility index (Phi) is 5.70. The topological polar surface area (TPSA) is 117 Å². The third-order valence-electron chi connectivity index (χ3n) is 4.43. The number of carbonyl (C=O) groups excluding carboxylic acids is 1. The Morgan fingerprint density at radius 3 is 2.81 bits per heavy atom. The lowest BCUT2D eigenvalue weighted by Gasteiger charge is -2.12. The second kappa shape index (κ2) is 8.91. The van der Waals surface area contributed by atoms with Gasteiger partial charge in [-0.3, -0.25) is 14.9 Å². The summed E-state index contributed by atoms with van der Waals surface area (Å²) in [7, 11) is 0. The molecule has 4 rings (SSSR count). The van der Waals surface area contributed by atoms with Crippen LogP contribution in [0.25, 0.3) is 5.69 Å². The van der Waals surface area contributed by atoms with Crippen LogP contribution >= 0.6 is 0 Å². The normalized spacial score (nSPS) is 10.6. The van der Waals surface area contributed by atoms with Crippen LogP contribution in [-0.2, 0) is 6.54 Å². The highest BCUT2D eigenvalue weighted by Crippen LogP contribution is 2.24. The number of nitrogens with one attached hydrogen (secondary N) is 1. The number of hydrogen-bond acceptors (Lipinski definition) is 6. The van der Waals surface area contributed by atoms with Gasteiger partial charge in [-0.15, -0.1) is 0 Å². The number of imidazole rings is 1. The van der Waals surface area contributed by atoms with Crippen molar-refractivity contribution in [1.29, 1.82) is 0 Å². The summed E-state index contributed by atoms with van der Waals surface area (Å²) in [4.78, 5) is 27.2. The van der Waals surface area contributed by atoms with Crippen molar-refractivity contribution in [2.45, 2.75) is 6.54 Å². The summed E-state index contributed by atoms with van der Waals surface area (Å²) in [5.74, 6) is 0.115. The molecule has 0 saturated heterocycles. The monoisotopic (exact) mass is 418 g/mol. The van der Waals surface area contributed by atoms with E-state index in [4.69, 9.17) is 4.74 Å². The van der Waals surface area contributed by atoms with Gasteiger partial charge in [0.1, 0.15) is 12.4 Å². The molecule has 10 heteroatoms. The quantitative estimate of drug-likeness (QED) is 0.347. The Hall–Kier alpha value is -4.47. The molecule has 2 heterocycles. The molecule has 0 spiro atoms. The summed E-state index contributed by atoms with van der Waals surface area (Å²) in [6, 6.07) is 14.7. The molecule has 0 aliphatic heterocycles. The molecule has 2 aromatic heterocycles. The van der Waals surface area contributed by atoms with E-state index >= 15 is 0 Å². The molecule has 0 radical (unpaired) electrons. The van der Waals surface area contributed by atoms with Crippen molar-refractivity contribution >= 4 is 17.3 Å². The van der Waals surface area contributed by atoms with Gasteiger partial charge in [0.05, 0.1) is 29.2 Å². The fourth-order valence-electron chi connectivity index (χ4n) is 2.90. The molecule has 4 aromatic rings. The molecular formula is C21H18N6O4. The van der Waals surface area contributed by atoms with Crippen LogP contribution in [0.15, 0.2) is 79.5 Å². The Balaban J connectivity index is 1.44. The van der Waals surface area contributed by atoms with E-state index in [2.05, 4.69) is 15.4 Å². The average Bonchev–Trinajstić information content (AvgIpc) is 3.47. The zero-order valence-corrected chi connectivity index (χ0v) is 16.3. The first-order valence-corrected chi connectivity index (χ1v) is 9.39. The number of benzene rings is 2. The Morgan fingerprint density at radius 1 is 1.13 bits per heavy atom. The van der Waals surface area contributed by atoms with Crippen molar-refractivity contribution < 1.29 is 14.5 Å². The van der Waals surface area contributed by atoms with Crippen molar-refractivity contribution in [3.05, 3.63) is 95.3 Å². The number of hydrogen-bond donors (Lipinski definition) is 1. The number of para-hydroxylation sites is 2. The van der Waals surface area contributed by atoms with Crippen LogP contribution in [-0.4, -0.2) is 36.8 Å². The second-order valence-corrected chi connectivity index (χ2v) is 6.52. The highest BCUT2D eigenvalue weighted by atomic mass is 16.6. The Morgan fingerprint density at radius 2 is 2.00 bits per heavy atom. The average molecular weight is 418 g/mol. The first kappa shape index (κ1) is 19.8. The lowest BCUT2D eigenvalue weighted by Crippen LogP contribution is -2.15. The van der Waals surface area contributed by atoms with Gasteiger partial charge in [0, 0.05) is 30.7 Å². The molecule has 156 valence electrons. The van der Waals surface area contributed by atoms with E-state index < -0.39 is 10.8 Å². The summed E-state index contributed by atoms with van der Waals surface area (Å²) < 4.78 is 9.11. The molecule has 0 unspecified atom stereocenters. The van der Waals surface area contributed by atoms with Gasteiger partial charge in [-0.25, -0.2) is 9.67 Å². The van der Waals surface area contributed by atoms with E-state index in [-0.39, 0.29) is 11.4 Å². The van der Waals surface area contributed by atoms with Crippen LogP contribution < -0.4 is 10.1 Å². The third kappa shape index (κ3) is 4.75. The van der Waals surface area contributed by atoms with Gasteiger partial charge in [0.15, 0.2) is 5.69 Å². The van der Waals surface area contributed by atoms with Crippen LogP contribution in [0.1, 0.15) is 10.5 Å². The zero-order chi connectivity index (χ0) is 21.6. The smallest absolute Gasteiger partial charge is 0.276 e. The Labute approximate surface area is 176 Å². The van der Waals surface area contributed by atoms with Gasteiger partial charge >= 0.3 is 0 Å². The van der Waals surface area contributed by atoms with Crippen LogP contribution in [0.5, 0.6) is 5.75 Å². The van der Waals surface area contributed by atoms with E-state index in [0.29, 0.717) is 30.3 Å². The van der Waals surface area contributed by atoms with Gasteiger partial charge in [0.2, 0.25) is 0 Å². The van der Waals surface area contributed by atoms with Crippen LogP contribution in [0, 0.1) is 10.1 Å². The molecule has 10 nitrogen and oxygen atoms in total. The number of nitrogens with zero attached hydrogens (tertiary/aromatic N) is 5. The van der Waals surface area contributed by atoms with Crippen molar-refractivity contribution in [2.24, 2.45) is 0 Å². The number of nitro groups is 1. The lowest BCUT2D eigenvalue weighted by atomic mass is 10.3. The summed E-state index contributed by atoms with van der Waals surface area (Å²) in [5, 5.41) is 18.0. The number of non-ortho nitro benzene ring substituents is 1. The second-order valence-electron chi connectivity index (χ2n) is 6.52. The minimum absolute atomic E-state index is 0.0548. The predicted octanol–water partition coefficient (Wildman–Crippen LogP) is 3.31. The van der Waals surface area contributed by atoms with E-state index in [1.165, 1.54) is 22.9 Å². The fourth-order valence-corrected chi connectivity index (χ4v) is 2.90. The number of ether oxygens (including phenoxy) is 1. The van der Waals surface area contributed by atoms with E-state index in [9.17, 15) is 14.9 Å². The first-order chi connectivity index (χ1) is 15.1. The third-order valence-corrected chi connectivity index (χ3v) is 4.43. The standard InChI is InChI=1S/C21H18N6O4/c28-21(19-8-10-26(24-19)16-4-3-5-17(14-16)27(29)30)23-18-6-1-2-7-20(18)31-13-12-25-11-9-22-15-25/h1-11,14-15H,12-13H2,(H,23,28). The van der Waals surface area contributed by atoms with Crippen molar-refractivity contribution in [3.8, 4) is 11.4 Å². The van der Waals surface area contributed by atoms with Gasteiger partial charge < -0.3 is 14.6 Å². The number of amides is 1. The molecular weight excluding hydrogens is 400 g/mol. The summed E-state index contributed by atoms with van der Waals surface area (Å²) >= 11 is 0. The van der Waals surface area contributed by atoms with Crippen molar-refractivity contribution in [3.63, 3.8) is 0 Å². The van der Waals surface area contributed by atoms with Crippen LogP contribution in [0.4, 0.5) is 11.4 Å². The SMILES string of the molecule is O=C(Nc1ccccc1OCCn1ccnc1)c1ccn(-c2cccc([N+](=O)[O-])c2)n1. The highest BCUT2D eigenvalue weighted by Gasteiger charge is 2.14. The molecule has 2 aromatic carbocycles. The van der Waals surface area contributed by atoms with Crippen molar-refractivity contribution in [1.82, 2.24) is 19.3 Å². The number of carbonyl (C=O) groups is 1. The van der Waals surface area contributed by atoms with Gasteiger partial charge in [-0.05, 0) is 24.3 Å². The van der Waals surface area contributed by atoms with Gasteiger partial charge in [-0.1, -0.05) is 18.2 Å². The van der Waals surface area contributed by atoms with Crippen LogP contribution in [0.3, 0.4) is 0 Å². The number of anilines is 1. The minimum atomic E-state index is -0.482.